The van der Waals surface area contributed by atoms with Crippen molar-refractivity contribution in [3.8, 4) is 0 Å². The van der Waals surface area contributed by atoms with Gasteiger partial charge in [-0.15, -0.1) is 0 Å². The van der Waals surface area contributed by atoms with E-state index in [1.165, 1.54) is 0 Å². The van der Waals surface area contributed by atoms with E-state index in [4.69, 9.17) is 13.9 Å². The van der Waals surface area contributed by atoms with Crippen molar-refractivity contribution in [3.05, 3.63) is 47.6 Å². The van der Waals surface area contributed by atoms with Crippen LogP contribution in [0.4, 0.5) is 5.69 Å². The molecule has 5 rings (SSSR count). The Kier molecular flexibility index (Phi) is 11.2. The normalized spacial score (nSPS) is 28.9. The number of aromatic carboxylic acids is 1. The monoisotopic (exact) mass is 587 g/mol. The third kappa shape index (κ3) is 6.28. The molecule has 2 aromatic heterocycles. The first-order valence-electron chi connectivity index (χ1n) is 13.5. The molecule has 7 unspecified atom stereocenters. The zero-order chi connectivity index (χ0) is 27.2. The fraction of sp³-hybridized carbons (Fsp3) is 0.552. The maximum Gasteiger partial charge on any atom is 0.340 e. The van der Waals surface area contributed by atoms with Gasteiger partial charge in [0.2, 0.25) is 0 Å². The molecule has 2 fully saturated rings. The van der Waals surface area contributed by atoms with Gasteiger partial charge < -0.3 is 29.3 Å². The summed E-state index contributed by atoms with van der Waals surface area (Å²) < 4.78 is 19.6. The van der Waals surface area contributed by atoms with Gasteiger partial charge in [-0.3, -0.25) is 4.79 Å². The first kappa shape index (κ1) is 33.4. The van der Waals surface area contributed by atoms with Crippen LogP contribution in [0.5, 0.6) is 0 Å². The number of carbonyl (C=O) groups excluding carboxylic acids is 1. The second-order valence-electron chi connectivity index (χ2n) is 11.1. The summed E-state index contributed by atoms with van der Waals surface area (Å²) in [5.41, 5.74) is 1.93. The molecule has 0 amide bonds. The SMILES string of the molecule is CNc1ccc2oc(CC3OC4(CCC3C)OC(C(C)C(=O)c3ccc[nH]3)C(C)CC4C)nc2c1C(=O)O.[Ca].[Mg]. The molecule has 1 spiro atoms. The number of oxazole rings is 1. The summed E-state index contributed by atoms with van der Waals surface area (Å²) in [5.74, 6) is -1.11. The third-order valence-corrected chi connectivity index (χ3v) is 8.54. The minimum Gasteiger partial charge on any atom is -0.478 e. The molecule has 0 saturated carbocycles. The molecule has 40 heavy (non-hydrogen) atoms. The molecule has 2 aliphatic rings. The number of rotatable bonds is 7. The van der Waals surface area contributed by atoms with Gasteiger partial charge in [0.1, 0.15) is 11.1 Å². The largest absolute Gasteiger partial charge is 0.478 e. The van der Waals surface area contributed by atoms with Gasteiger partial charge >= 0.3 is 5.97 Å². The van der Waals surface area contributed by atoms with Gasteiger partial charge in [0.05, 0.1) is 30.0 Å². The van der Waals surface area contributed by atoms with Crippen LogP contribution in [0, 0.1) is 23.7 Å². The van der Waals surface area contributed by atoms with E-state index in [0.717, 1.165) is 19.3 Å². The van der Waals surface area contributed by atoms with Crippen molar-refractivity contribution < 1.29 is 28.6 Å². The third-order valence-electron chi connectivity index (χ3n) is 8.54. The Hall–Kier alpha value is -1.14. The van der Waals surface area contributed by atoms with Crippen LogP contribution in [-0.2, 0) is 15.9 Å². The summed E-state index contributed by atoms with van der Waals surface area (Å²) in [6.07, 6.45) is 4.22. The average Bonchev–Trinajstić information content (AvgIpc) is 3.57. The standard InChI is InChI=1S/C29H37N3O6.Ca.Mg/c1-15-10-11-29(17(3)13-16(2)27(38-29)18(4)26(33)20-7-6-12-31-20)37-22(15)14-23-32-25-21(36-23)9-8-19(30-5)24(25)28(34)35;;/h6-9,12,15-18,22,27,30-31H,10-11,13-14H2,1-5H3,(H,34,35);;. The fourth-order valence-corrected chi connectivity index (χ4v) is 6.27. The number of anilines is 1. The van der Waals surface area contributed by atoms with Gasteiger partial charge in [-0.25, -0.2) is 9.78 Å². The summed E-state index contributed by atoms with van der Waals surface area (Å²) in [6, 6.07) is 7.05. The zero-order valence-electron chi connectivity index (χ0n) is 24.0. The van der Waals surface area contributed by atoms with Crippen molar-refractivity contribution in [2.24, 2.45) is 23.7 Å². The number of ketones is 1. The van der Waals surface area contributed by atoms with Gasteiger partial charge in [0.15, 0.2) is 23.0 Å². The Balaban J connectivity index is 0.00000220. The van der Waals surface area contributed by atoms with Crippen LogP contribution < -0.4 is 5.32 Å². The molecule has 2 aliphatic heterocycles. The Morgan fingerprint density at radius 2 is 1.95 bits per heavy atom. The van der Waals surface area contributed by atoms with Crippen LogP contribution in [0.2, 0.25) is 0 Å². The van der Waals surface area contributed by atoms with Crippen molar-refractivity contribution in [1.82, 2.24) is 9.97 Å². The molecule has 4 radical (unpaired) electrons. The molecule has 3 N–H and O–H groups in total. The maximum absolute atomic E-state index is 13.1. The van der Waals surface area contributed by atoms with Crippen molar-refractivity contribution in [2.45, 2.75) is 71.4 Å². The number of aromatic nitrogens is 2. The Morgan fingerprint density at radius 1 is 1.20 bits per heavy atom. The number of H-pyrrole nitrogens is 1. The number of ether oxygens (including phenoxy) is 2. The summed E-state index contributed by atoms with van der Waals surface area (Å²) >= 11 is 0. The number of fused-ring (bicyclic) bond motifs is 1. The van der Waals surface area contributed by atoms with E-state index >= 15 is 0 Å². The average molecular weight is 588 g/mol. The van der Waals surface area contributed by atoms with E-state index in [1.807, 2.05) is 13.0 Å². The summed E-state index contributed by atoms with van der Waals surface area (Å²) in [4.78, 5) is 32.7. The van der Waals surface area contributed by atoms with Crippen molar-refractivity contribution >= 4 is 89.3 Å². The number of aromatic amines is 1. The Labute approximate surface area is 280 Å². The van der Waals surface area contributed by atoms with E-state index in [1.54, 1.807) is 31.4 Å². The maximum atomic E-state index is 13.1. The minimum atomic E-state index is -1.06. The predicted octanol–water partition coefficient (Wildman–Crippen LogP) is 4.77. The number of nitrogens with one attached hydrogen (secondary N) is 2. The number of carbonyl (C=O) groups is 2. The van der Waals surface area contributed by atoms with Crippen molar-refractivity contribution in [1.29, 1.82) is 0 Å². The molecule has 208 valence electrons. The first-order chi connectivity index (χ1) is 18.1. The molecule has 2 saturated heterocycles. The second-order valence-corrected chi connectivity index (χ2v) is 11.1. The molecule has 0 aliphatic carbocycles. The molecule has 11 heteroatoms. The van der Waals surface area contributed by atoms with Crippen LogP contribution in [0.15, 0.2) is 34.9 Å². The van der Waals surface area contributed by atoms with E-state index in [2.05, 4.69) is 36.1 Å². The molecular weight excluding hydrogens is 551 g/mol. The van der Waals surface area contributed by atoms with Crippen LogP contribution in [0.3, 0.4) is 0 Å². The Bertz CT molecular complexity index is 1330. The topological polar surface area (TPSA) is 127 Å². The Morgan fingerprint density at radius 3 is 2.60 bits per heavy atom. The van der Waals surface area contributed by atoms with Gasteiger partial charge in [-0.2, -0.15) is 0 Å². The molecule has 9 nitrogen and oxygen atoms in total. The number of hydrogen-bond acceptors (Lipinski definition) is 7. The van der Waals surface area contributed by atoms with Gasteiger partial charge in [0, 0.05) is 92.3 Å². The number of nitrogens with zero attached hydrogens (tertiary/aromatic N) is 1. The minimum absolute atomic E-state index is 0. The van der Waals surface area contributed by atoms with E-state index < -0.39 is 11.8 Å². The number of hydrogen-bond donors (Lipinski definition) is 3. The number of carboxylic acids is 1. The number of benzene rings is 1. The molecular formula is C29H37CaMgN3O6. The van der Waals surface area contributed by atoms with Gasteiger partial charge in [-0.05, 0) is 48.9 Å². The van der Waals surface area contributed by atoms with Gasteiger partial charge in [0.25, 0.3) is 0 Å². The van der Waals surface area contributed by atoms with Crippen LogP contribution in [0.1, 0.15) is 73.7 Å². The molecule has 7 atom stereocenters. The smallest absolute Gasteiger partial charge is 0.340 e. The van der Waals surface area contributed by atoms with Gasteiger partial charge in [-0.1, -0.05) is 27.7 Å². The van der Waals surface area contributed by atoms with E-state index in [9.17, 15) is 14.7 Å². The van der Waals surface area contributed by atoms with Crippen LogP contribution >= 0.6 is 0 Å². The summed E-state index contributed by atoms with van der Waals surface area (Å²) in [7, 11) is 1.68. The number of carboxylic acid groups (broad SMARTS) is 1. The van der Waals surface area contributed by atoms with Crippen LogP contribution in [0.25, 0.3) is 11.1 Å². The zero-order valence-corrected chi connectivity index (χ0v) is 27.7. The summed E-state index contributed by atoms with van der Waals surface area (Å²) in [6.45, 7) is 8.39. The molecule has 1 aromatic carbocycles. The molecule has 4 heterocycles. The predicted molar refractivity (Wildman–Crippen MR) is 154 cm³/mol. The van der Waals surface area contributed by atoms with E-state index in [-0.39, 0.29) is 108 Å². The first-order valence-corrected chi connectivity index (χ1v) is 13.5. The van der Waals surface area contributed by atoms with Crippen molar-refractivity contribution in [2.75, 3.05) is 12.4 Å². The summed E-state index contributed by atoms with van der Waals surface area (Å²) in [5, 5.41) is 12.7. The van der Waals surface area contributed by atoms with Crippen LogP contribution in [-0.4, -0.2) is 113 Å². The number of Topliss-reactive ketones (excluding diaryl/α,β-unsaturated/α-hetero) is 1. The second kappa shape index (κ2) is 13.4. The fourth-order valence-electron chi connectivity index (χ4n) is 6.27. The van der Waals surface area contributed by atoms with Crippen molar-refractivity contribution in [3.63, 3.8) is 0 Å². The molecule has 3 aromatic rings. The quantitative estimate of drug-likeness (QED) is 0.267. The molecule has 0 bridgehead atoms. The van der Waals surface area contributed by atoms with E-state index in [0.29, 0.717) is 34.8 Å².